The largest absolute Gasteiger partial charge is 0.396 e. The second kappa shape index (κ2) is 12.2. The maximum absolute atomic E-state index is 9.73. The first-order chi connectivity index (χ1) is 17.0. The molecule has 0 aromatic heterocycles. The Labute approximate surface area is 213 Å². The topological polar surface area (TPSA) is 23.5 Å². The van der Waals surface area contributed by atoms with Crippen LogP contribution in [0.5, 0.6) is 0 Å². The van der Waals surface area contributed by atoms with Gasteiger partial charge in [-0.15, -0.1) is 0 Å². The fourth-order valence-electron chi connectivity index (χ4n) is 6.29. The molecule has 188 valence electrons. The molecular weight excluding hydrogens is 426 g/mol. The van der Waals surface area contributed by atoms with Gasteiger partial charge in [-0.2, -0.15) is 0 Å². The quantitative estimate of drug-likeness (QED) is 0.379. The molecule has 0 saturated heterocycles. The van der Waals surface area contributed by atoms with Gasteiger partial charge in [0.15, 0.2) is 0 Å². The number of aliphatic hydroxyl groups is 1. The molecule has 2 aliphatic rings. The van der Waals surface area contributed by atoms with Gasteiger partial charge in [0.1, 0.15) is 0 Å². The standard InChI is InChI=1S/C33H45NO/c1-24(2)34-21-19-28(20-22-34)27-15-17-30(18-16-27)33(31-13-8-10-25(3)26(31)4)32(14-9-23-35)29-11-6-5-7-12-29/h5-8,11-13,15-19,24-26,31-33,35H,9-10,14,20-23H2,1-4H3. The Hall–Kier alpha value is -2.16. The summed E-state index contributed by atoms with van der Waals surface area (Å²) in [4.78, 5) is 2.54. The average molecular weight is 472 g/mol. The van der Waals surface area contributed by atoms with E-state index >= 15 is 0 Å². The maximum atomic E-state index is 9.73. The highest BCUT2D eigenvalue weighted by Crippen LogP contribution is 2.48. The van der Waals surface area contributed by atoms with Gasteiger partial charge in [-0.05, 0) is 91.4 Å². The Kier molecular flexibility index (Phi) is 9.03. The van der Waals surface area contributed by atoms with Crippen LogP contribution in [0.1, 0.15) is 81.9 Å². The van der Waals surface area contributed by atoms with Crippen molar-refractivity contribution in [3.05, 3.63) is 89.5 Å². The third kappa shape index (κ3) is 6.16. The minimum atomic E-state index is 0.253. The number of allylic oxidation sites excluding steroid dienone is 2. The van der Waals surface area contributed by atoms with Gasteiger partial charge >= 0.3 is 0 Å². The lowest BCUT2D eigenvalue weighted by Gasteiger charge is -2.40. The lowest BCUT2D eigenvalue weighted by Crippen LogP contribution is -2.34. The third-order valence-corrected chi connectivity index (χ3v) is 8.76. The van der Waals surface area contributed by atoms with Crippen molar-refractivity contribution in [3.8, 4) is 0 Å². The molecule has 0 radical (unpaired) electrons. The molecule has 1 aliphatic carbocycles. The van der Waals surface area contributed by atoms with Gasteiger partial charge in [-0.3, -0.25) is 4.90 Å². The molecule has 0 spiro atoms. The lowest BCUT2D eigenvalue weighted by molar-refractivity contribution is 0.223. The molecule has 0 fully saturated rings. The molecule has 5 unspecified atom stereocenters. The molecule has 2 aromatic carbocycles. The fourth-order valence-corrected chi connectivity index (χ4v) is 6.29. The van der Waals surface area contributed by atoms with Crippen molar-refractivity contribution in [1.29, 1.82) is 0 Å². The molecule has 2 heteroatoms. The number of aliphatic hydroxyl groups excluding tert-OH is 1. The third-order valence-electron chi connectivity index (χ3n) is 8.76. The molecule has 35 heavy (non-hydrogen) atoms. The van der Waals surface area contributed by atoms with Crippen LogP contribution in [0.25, 0.3) is 5.57 Å². The molecule has 0 amide bonds. The van der Waals surface area contributed by atoms with E-state index in [4.69, 9.17) is 0 Å². The van der Waals surface area contributed by atoms with Crippen LogP contribution in [0.15, 0.2) is 72.8 Å². The average Bonchev–Trinajstić information content (AvgIpc) is 2.89. The van der Waals surface area contributed by atoms with Crippen molar-refractivity contribution >= 4 is 5.57 Å². The van der Waals surface area contributed by atoms with Crippen LogP contribution >= 0.6 is 0 Å². The SMILES string of the molecule is CC1CC=CC(C(c2ccc(C3=CCN(C(C)C)CC3)cc2)C(CCCO)c2ccccc2)C1C. The molecule has 0 bridgehead atoms. The van der Waals surface area contributed by atoms with E-state index < -0.39 is 0 Å². The molecule has 1 heterocycles. The highest BCUT2D eigenvalue weighted by atomic mass is 16.2. The van der Waals surface area contributed by atoms with Gasteiger partial charge in [0, 0.05) is 25.7 Å². The molecule has 4 rings (SSSR count). The monoisotopic (exact) mass is 471 g/mol. The number of benzene rings is 2. The van der Waals surface area contributed by atoms with E-state index in [1.54, 1.807) is 0 Å². The summed E-state index contributed by atoms with van der Waals surface area (Å²) < 4.78 is 0. The number of nitrogens with zero attached hydrogens (tertiary/aromatic N) is 1. The normalized spacial score (nSPS) is 24.9. The maximum Gasteiger partial charge on any atom is 0.0431 e. The van der Waals surface area contributed by atoms with Crippen molar-refractivity contribution in [1.82, 2.24) is 4.90 Å². The van der Waals surface area contributed by atoms with Crippen LogP contribution in [0.2, 0.25) is 0 Å². The van der Waals surface area contributed by atoms with E-state index in [2.05, 4.69) is 105 Å². The molecule has 1 N–H and O–H groups in total. The fraction of sp³-hybridized carbons (Fsp3) is 0.515. The second-order valence-corrected chi connectivity index (χ2v) is 11.2. The van der Waals surface area contributed by atoms with E-state index in [1.807, 2.05) is 0 Å². The van der Waals surface area contributed by atoms with E-state index in [9.17, 15) is 5.11 Å². The van der Waals surface area contributed by atoms with Crippen LogP contribution in [-0.4, -0.2) is 35.7 Å². The number of rotatable bonds is 9. The summed E-state index contributed by atoms with van der Waals surface area (Å²) in [5, 5.41) is 9.73. The smallest absolute Gasteiger partial charge is 0.0431 e. The number of hydrogen-bond donors (Lipinski definition) is 1. The molecule has 0 saturated carbocycles. The van der Waals surface area contributed by atoms with Gasteiger partial charge < -0.3 is 5.11 Å². The van der Waals surface area contributed by atoms with Crippen molar-refractivity contribution in [2.75, 3.05) is 19.7 Å². The first-order valence-electron chi connectivity index (χ1n) is 13.9. The van der Waals surface area contributed by atoms with E-state index in [1.165, 1.54) is 28.7 Å². The summed E-state index contributed by atoms with van der Waals surface area (Å²) >= 11 is 0. The molecular formula is C33H45NO. The zero-order chi connectivity index (χ0) is 24.8. The minimum Gasteiger partial charge on any atom is -0.396 e. The van der Waals surface area contributed by atoms with Gasteiger partial charge in [-0.1, -0.05) is 86.7 Å². The predicted octanol–water partition coefficient (Wildman–Crippen LogP) is 7.67. The van der Waals surface area contributed by atoms with Crippen LogP contribution in [0.3, 0.4) is 0 Å². The van der Waals surface area contributed by atoms with Crippen LogP contribution < -0.4 is 0 Å². The predicted molar refractivity (Wildman–Crippen MR) is 150 cm³/mol. The molecule has 2 nitrogen and oxygen atoms in total. The summed E-state index contributed by atoms with van der Waals surface area (Å²) in [6.45, 7) is 11.9. The summed E-state index contributed by atoms with van der Waals surface area (Å²) in [7, 11) is 0. The van der Waals surface area contributed by atoms with E-state index in [0.717, 1.165) is 32.4 Å². The Balaban J connectivity index is 1.68. The van der Waals surface area contributed by atoms with Crippen LogP contribution in [0.4, 0.5) is 0 Å². The summed E-state index contributed by atoms with van der Waals surface area (Å²) in [5.74, 6) is 2.63. The zero-order valence-corrected chi connectivity index (χ0v) is 22.2. The minimum absolute atomic E-state index is 0.253. The number of hydrogen-bond acceptors (Lipinski definition) is 2. The van der Waals surface area contributed by atoms with Crippen molar-refractivity contribution < 1.29 is 5.11 Å². The Morgan fingerprint density at radius 2 is 1.71 bits per heavy atom. The highest BCUT2D eigenvalue weighted by Gasteiger charge is 2.36. The van der Waals surface area contributed by atoms with Gasteiger partial charge in [0.25, 0.3) is 0 Å². The molecule has 2 aromatic rings. The van der Waals surface area contributed by atoms with Crippen molar-refractivity contribution in [2.24, 2.45) is 17.8 Å². The van der Waals surface area contributed by atoms with Gasteiger partial charge in [0.05, 0.1) is 0 Å². The van der Waals surface area contributed by atoms with E-state index in [0.29, 0.717) is 35.6 Å². The summed E-state index contributed by atoms with van der Waals surface area (Å²) in [6, 6.07) is 21.2. The zero-order valence-electron chi connectivity index (χ0n) is 22.2. The molecule has 5 atom stereocenters. The Morgan fingerprint density at radius 3 is 2.34 bits per heavy atom. The lowest BCUT2D eigenvalue weighted by atomic mass is 9.64. The van der Waals surface area contributed by atoms with Crippen LogP contribution in [0, 0.1) is 17.8 Å². The Morgan fingerprint density at radius 1 is 0.971 bits per heavy atom. The first-order valence-corrected chi connectivity index (χ1v) is 13.9. The second-order valence-electron chi connectivity index (χ2n) is 11.2. The van der Waals surface area contributed by atoms with Gasteiger partial charge in [0.2, 0.25) is 0 Å². The van der Waals surface area contributed by atoms with E-state index in [-0.39, 0.29) is 6.61 Å². The molecule has 1 aliphatic heterocycles. The van der Waals surface area contributed by atoms with Crippen LogP contribution in [-0.2, 0) is 0 Å². The van der Waals surface area contributed by atoms with Gasteiger partial charge in [-0.25, -0.2) is 0 Å². The first kappa shape index (κ1) is 25.9. The summed E-state index contributed by atoms with van der Waals surface area (Å²) in [5.41, 5.74) is 5.71. The highest BCUT2D eigenvalue weighted by molar-refractivity contribution is 5.67. The van der Waals surface area contributed by atoms with Crippen molar-refractivity contribution in [2.45, 2.75) is 71.3 Å². The summed E-state index contributed by atoms with van der Waals surface area (Å²) in [6.07, 6.45) is 11.5. The van der Waals surface area contributed by atoms with Crippen molar-refractivity contribution in [3.63, 3.8) is 0 Å². The Bertz CT molecular complexity index is 974.